The minimum absolute atomic E-state index is 0.109. The van der Waals surface area contributed by atoms with E-state index in [2.05, 4.69) is 10.3 Å². The van der Waals surface area contributed by atoms with Crippen molar-refractivity contribution in [2.75, 3.05) is 29.0 Å². The number of anilines is 3. The van der Waals surface area contributed by atoms with Crippen molar-refractivity contribution < 1.29 is 4.79 Å². The van der Waals surface area contributed by atoms with E-state index < -0.39 is 0 Å². The van der Waals surface area contributed by atoms with Gasteiger partial charge in [-0.1, -0.05) is 23.5 Å². The van der Waals surface area contributed by atoms with E-state index in [0.29, 0.717) is 16.6 Å². The van der Waals surface area contributed by atoms with Crippen LogP contribution in [0.2, 0.25) is 0 Å². The summed E-state index contributed by atoms with van der Waals surface area (Å²) in [6.07, 6.45) is 0. The molecule has 2 rings (SSSR count). The summed E-state index contributed by atoms with van der Waals surface area (Å²) in [5, 5.41) is 3.77. The second kappa shape index (κ2) is 6.58. The number of amides is 1. The minimum Gasteiger partial charge on any atom is -0.382 e. The summed E-state index contributed by atoms with van der Waals surface area (Å²) in [5.74, 6) is 0.175. The van der Waals surface area contributed by atoms with Gasteiger partial charge >= 0.3 is 0 Å². The number of carbonyl (C=O) groups is 1. The molecule has 0 saturated heterocycles. The monoisotopic (exact) mass is 304 g/mol. The highest BCUT2D eigenvalue weighted by Crippen LogP contribution is 2.28. The summed E-state index contributed by atoms with van der Waals surface area (Å²) in [6, 6.07) is 7.87. The molecule has 6 heteroatoms. The van der Waals surface area contributed by atoms with Crippen LogP contribution in [-0.2, 0) is 0 Å². The van der Waals surface area contributed by atoms with Gasteiger partial charge in [0.15, 0.2) is 5.13 Å². The van der Waals surface area contributed by atoms with Crippen LogP contribution in [0.5, 0.6) is 0 Å². The lowest BCUT2D eigenvalue weighted by Gasteiger charge is -2.20. The molecule has 2 aromatic rings. The Morgan fingerprint density at radius 2 is 2.19 bits per heavy atom. The Morgan fingerprint density at radius 1 is 1.43 bits per heavy atom. The number of nitrogens with one attached hydrogen (secondary N) is 1. The van der Waals surface area contributed by atoms with Gasteiger partial charge in [0.1, 0.15) is 10.7 Å². The van der Waals surface area contributed by atoms with Crippen LogP contribution in [0.3, 0.4) is 0 Å². The van der Waals surface area contributed by atoms with Crippen LogP contribution in [0.25, 0.3) is 0 Å². The lowest BCUT2D eigenvalue weighted by Crippen LogP contribution is -2.30. The number of hydrogen-bond acceptors (Lipinski definition) is 5. The predicted molar refractivity (Wildman–Crippen MR) is 89.2 cm³/mol. The van der Waals surface area contributed by atoms with E-state index in [1.165, 1.54) is 11.3 Å². The fraction of sp³-hybridized carbons (Fsp3) is 0.333. The Bertz CT molecular complexity index is 638. The van der Waals surface area contributed by atoms with Gasteiger partial charge in [0.05, 0.1) is 0 Å². The lowest BCUT2D eigenvalue weighted by atomic mass is 10.2. The highest BCUT2D eigenvalue weighted by atomic mass is 32.1. The van der Waals surface area contributed by atoms with Gasteiger partial charge in [-0.3, -0.25) is 4.79 Å². The first kappa shape index (κ1) is 15.3. The average molecular weight is 304 g/mol. The molecule has 5 nitrogen and oxygen atoms in total. The molecule has 0 aliphatic rings. The Morgan fingerprint density at radius 3 is 2.81 bits per heavy atom. The molecule has 3 N–H and O–H groups in total. The molecule has 0 fully saturated rings. The second-order valence-electron chi connectivity index (χ2n) is 4.65. The van der Waals surface area contributed by atoms with E-state index in [-0.39, 0.29) is 11.7 Å². The molecule has 0 aliphatic carbocycles. The average Bonchev–Trinajstić information content (AvgIpc) is 2.81. The van der Waals surface area contributed by atoms with E-state index >= 15 is 0 Å². The number of nitrogens with two attached hydrogens (primary N) is 1. The normalized spacial score (nSPS) is 10.4. The van der Waals surface area contributed by atoms with E-state index in [9.17, 15) is 4.79 Å². The first-order chi connectivity index (χ1) is 10.1. The fourth-order valence-electron chi connectivity index (χ4n) is 2.07. The second-order valence-corrected chi connectivity index (χ2v) is 5.65. The van der Waals surface area contributed by atoms with Crippen LogP contribution in [-0.4, -0.2) is 24.0 Å². The van der Waals surface area contributed by atoms with Gasteiger partial charge in [-0.05, 0) is 38.5 Å². The van der Waals surface area contributed by atoms with Gasteiger partial charge in [-0.2, -0.15) is 0 Å². The fourth-order valence-corrected chi connectivity index (χ4v) is 2.98. The molecule has 0 radical (unpaired) electrons. The molecule has 21 heavy (non-hydrogen) atoms. The molecule has 0 aliphatic heterocycles. The number of nitrogen functional groups attached to an aromatic ring is 1. The molecule has 1 heterocycles. The van der Waals surface area contributed by atoms with Crippen LogP contribution in [0.4, 0.5) is 16.6 Å². The first-order valence-electron chi connectivity index (χ1n) is 6.95. The quantitative estimate of drug-likeness (QED) is 0.890. The maximum absolute atomic E-state index is 12.7. The molecule has 112 valence electrons. The number of rotatable bonds is 5. The highest BCUT2D eigenvalue weighted by molar-refractivity contribution is 7.18. The molecular formula is C15H20N4OS. The third-order valence-electron chi connectivity index (χ3n) is 3.05. The zero-order chi connectivity index (χ0) is 15.4. The first-order valence-corrected chi connectivity index (χ1v) is 7.77. The van der Waals surface area contributed by atoms with Crippen molar-refractivity contribution in [3.05, 3.63) is 34.7 Å². The molecule has 0 bridgehead atoms. The Hall–Kier alpha value is -2.08. The molecular weight excluding hydrogens is 284 g/mol. The number of aryl methyl sites for hydroxylation is 1. The Kier molecular flexibility index (Phi) is 4.80. The number of benzene rings is 1. The molecule has 0 unspecified atom stereocenters. The van der Waals surface area contributed by atoms with Gasteiger partial charge in [-0.15, -0.1) is 0 Å². The summed E-state index contributed by atoms with van der Waals surface area (Å²) >= 11 is 1.30. The summed E-state index contributed by atoms with van der Waals surface area (Å²) < 4.78 is 0. The van der Waals surface area contributed by atoms with Crippen molar-refractivity contribution in [1.82, 2.24) is 4.98 Å². The zero-order valence-electron chi connectivity index (χ0n) is 12.5. The summed E-state index contributed by atoms with van der Waals surface area (Å²) in [5.41, 5.74) is 7.88. The highest BCUT2D eigenvalue weighted by Gasteiger charge is 2.22. The van der Waals surface area contributed by atoms with E-state index in [0.717, 1.165) is 17.8 Å². The Balaban J connectivity index is 2.32. The Labute approximate surface area is 128 Å². The molecule has 0 saturated carbocycles. The van der Waals surface area contributed by atoms with Gasteiger partial charge in [0.2, 0.25) is 0 Å². The molecule has 0 atom stereocenters. The third kappa shape index (κ3) is 3.33. The molecule has 1 amide bonds. The van der Waals surface area contributed by atoms with Gasteiger partial charge in [0, 0.05) is 18.8 Å². The van der Waals surface area contributed by atoms with E-state index in [4.69, 9.17) is 5.73 Å². The molecule has 1 aromatic heterocycles. The number of aromatic nitrogens is 1. The topological polar surface area (TPSA) is 71.2 Å². The van der Waals surface area contributed by atoms with Crippen molar-refractivity contribution in [3.8, 4) is 0 Å². The SMILES string of the molecule is CCNc1nc(N)c(C(=O)N(CC)c2cccc(C)c2)s1. The number of nitrogens with zero attached hydrogens (tertiary/aromatic N) is 2. The summed E-state index contributed by atoms with van der Waals surface area (Å²) in [4.78, 5) is 19.1. The van der Waals surface area contributed by atoms with Crippen molar-refractivity contribution in [2.45, 2.75) is 20.8 Å². The third-order valence-corrected chi connectivity index (χ3v) is 4.07. The standard InChI is InChI=1S/C15H20N4OS/c1-4-17-15-18-13(16)12(21-15)14(20)19(5-2)11-8-6-7-10(3)9-11/h6-9H,4-5,16H2,1-3H3,(H,17,18). The van der Waals surface area contributed by atoms with Crippen molar-refractivity contribution in [2.24, 2.45) is 0 Å². The van der Waals surface area contributed by atoms with Crippen LogP contribution >= 0.6 is 11.3 Å². The van der Waals surface area contributed by atoms with Crippen molar-refractivity contribution in [1.29, 1.82) is 0 Å². The molecule has 0 spiro atoms. The number of hydrogen-bond donors (Lipinski definition) is 2. The smallest absolute Gasteiger partial charge is 0.272 e. The molecule has 1 aromatic carbocycles. The van der Waals surface area contributed by atoms with Gasteiger partial charge in [0.25, 0.3) is 5.91 Å². The maximum Gasteiger partial charge on any atom is 0.272 e. The van der Waals surface area contributed by atoms with Gasteiger partial charge < -0.3 is 16.0 Å². The number of thiazole rings is 1. The summed E-state index contributed by atoms with van der Waals surface area (Å²) in [7, 11) is 0. The van der Waals surface area contributed by atoms with Crippen molar-refractivity contribution >= 4 is 33.9 Å². The van der Waals surface area contributed by atoms with Gasteiger partial charge in [-0.25, -0.2) is 4.98 Å². The lowest BCUT2D eigenvalue weighted by molar-refractivity contribution is 0.0993. The largest absolute Gasteiger partial charge is 0.382 e. The zero-order valence-corrected chi connectivity index (χ0v) is 13.3. The van der Waals surface area contributed by atoms with E-state index in [1.54, 1.807) is 4.90 Å². The van der Waals surface area contributed by atoms with Crippen LogP contribution < -0.4 is 16.0 Å². The minimum atomic E-state index is -0.109. The predicted octanol–water partition coefficient (Wildman–Crippen LogP) is 3.13. The van der Waals surface area contributed by atoms with Crippen LogP contribution in [0, 0.1) is 6.92 Å². The number of carbonyl (C=O) groups excluding carboxylic acids is 1. The van der Waals surface area contributed by atoms with Crippen LogP contribution in [0.15, 0.2) is 24.3 Å². The summed E-state index contributed by atoms with van der Waals surface area (Å²) in [6.45, 7) is 7.26. The maximum atomic E-state index is 12.7. The van der Waals surface area contributed by atoms with E-state index in [1.807, 2.05) is 45.0 Å². The van der Waals surface area contributed by atoms with Crippen LogP contribution in [0.1, 0.15) is 29.1 Å². The van der Waals surface area contributed by atoms with Crippen molar-refractivity contribution in [3.63, 3.8) is 0 Å².